The molecule has 1 unspecified atom stereocenters. The summed E-state index contributed by atoms with van der Waals surface area (Å²) in [6, 6.07) is 4.17. The molecular weight excluding hydrogens is 297 g/mol. The summed E-state index contributed by atoms with van der Waals surface area (Å²) in [7, 11) is 0.992. The minimum atomic E-state index is -6.50. The molecule has 0 saturated carbocycles. The third-order valence-corrected chi connectivity index (χ3v) is 2.55. The second kappa shape index (κ2) is 5.12. The molecule has 1 aromatic carbocycles. The van der Waals surface area contributed by atoms with Gasteiger partial charge in [-0.05, 0) is 6.07 Å². The molecule has 1 rings (SSSR count). The highest BCUT2D eigenvalue weighted by Crippen LogP contribution is 2.52. The maximum Gasteiger partial charge on any atom is 0.459 e. The van der Waals surface area contributed by atoms with Gasteiger partial charge < -0.3 is 9.84 Å². The van der Waals surface area contributed by atoms with Crippen LogP contribution in [0.25, 0.3) is 0 Å². The maximum atomic E-state index is 13.3. The smallest absolute Gasteiger partial charge is 0.459 e. The van der Waals surface area contributed by atoms with Gasteiger partial charge in [0.25, 0.3) is 0 Å². The molecule has 0 radical (unpaired) electrons. The summed E-state index contributed by atoms with van der Waals surface area (Å²) in [5.41, 5.74) is -0.871. The van der Waals surface area contributed by atoms with Crippen molar-refractivity contribution in [2.45, 2.75) is 24.1 Å². The topological polar surface area (TPSA) is 29.5 Å². The van der Waals surface area contributed by atoms with E-state index in [2.05, 4.69) is 4.74 Å². The van der Waals surface area contributed by atoms with E-state index in [4.69, 9.17) is 0 Å². The van der Waals surface area contributed by atoms with Crippen LogP contribution in [0, 0.1) is 0 Å². The van der Waals surface area contributed by atoms with Gasteiger partial charge in [0.15, 0.2) is 6.10 Å². The number of para-hydroxylation sites is 1. The minimum Gasteiger partial charge on any atom is -0.496 e. The molecule has 0 aliphatic rings. The number of benzene rings is 1. The van der Waals surface area contributed by atoms with E-state index >= 15 is 0 Å². The molecule has 1 aromatic rings. The molecule has 0 bridgehead atoms. The second-order valence-corrected chi connectivity index (χ2v) is 3.84. The Morgan fingerprint density at radius 1 is 1.00 bits per heavy atom. The summed E-state index contributed by atoms with van der Waals surface area (Å²) >= 11 is 0. The third-order valence-electron chi connectivity index (χ3n) is 2.55. The van der Waals surface area contributed by atoms with E-state index in [-0.39, 0.29) is 0 Å². The Hall–Kier alpha value is -1.51. The molecule has 0 fully saturated rings. The number of hydrogen-bond acceptors (Lipinski definition) is 2. The summed E-state index contributed by atoms with van der Waals surface area (Å²) in [4.78, 5) is 0. The van der Waals surface area contributed by atoms with Crippen LogP contribution in [0.5, 0.6) is 5.75 Å². The standard InChI is InChI=1S/C11H9F7O2/c1-20-7-5-3-2-4-6(7)8(19)9(12,13)10(14,15)11(16,17)18/h2-5,8,19H,1H3. The fourth-order valence-corrected chi connectivity index (χ4v) is 1.45. The van der Waals surface area contributed by atoms with Gasteiger partial charge in [-0.3, -0.25) is 0 Å². The zero-order valence-electron chi connectivity index (χ0n) is 9.89. The van der Waals surface area contributed by atoms with Crippen LogP contribution in [0.3, 0.4) is 0 Å². The average molecular weight is 306 g/mol. The van der Waals surface area contributed by atoms with Crippen LogP contribution in [0.4, 0.5) is 30.7 Å². The van der Waals surface area contributed by atoms with E-state index in [1.807, 2.05) is 0 Å². The lowest BCUT2D eigenvalue weighted by Crippen LogP contribution is -2.54. The highest BCUT2D eigenvalue weighted by atomic mass is 19.4. The molecule has 0 aliphatic heterocycles. The lowest BCUT2D eigenvalue weighted by molar-refractivity contribution is -0.372. The molecule has 0 aromatic heterocycles. The number of methoxy groups -OCH3 is 1. The highest BCUT2D eigenvalue weighted by molar-refractivity contribution is 5.36. The van der Waals surface area contributed by atoms with Crippen molar-refractivity contribution < 1.29 is 40.6 Å². The first-order valence-electron chi connectivity index (χ1n) is 5.10. The van der Waals surface area contributed by atoms with Crippen molar-refractivity contribution in [2.75, 3.05) is 7.11 Å². The minimum absolute atomic E-state index is 0.433. The number of alkyl halides is 7. The first kappa shape index (κ1) is 16.5. The molecule has 9 heteroatoms. The Labute approximate surface area is 108 Å². The van der Waals surface area contributed by atoms with E-state index in [0.29, 0.717) is 0 Å². The number of halogens is 7. The third kappa shape index (κ3) is 2.54. The first-order valence-corrected chi connectivity index (χ1v) is 5.10. The largest absolute Gasteiger partial charge is 0.496 e. The van der Waals surface area contributed by atoms with Gasteiger partial charge in [-0.15, -0.1) is 0 Å². The van der Waals surface area contributed by atoms with Crippen molar-refractivity contribution in [3.05, 3.63) is 29.8 Å². The normalized spacial score (nSPS) is 15.1. The zero-order chi connectivity index (χ0) is 15.8. The van der Waals surface area contributed by atoms with E-state index in [0.717, 1.165) is 25.3 Å². The summed E-state index contributed by atoms with van der Waals surface area (Å²) in [5, 5.41) is 9.25. The molecule has 1 atom stereocenters. The molecule has 0 spiro atoms. The number of hydrogen-bond donors (Lipinski definition) is 1. The number of ether oxygens (including phenoxy) is 1. The maximum absolute atomic E-state index is 13.3. The van der Waals surface area contributed by atoms with Gasteiger partial charge in [0, 0.05) is 5.56 Å². The van der Waals surface area contributed by atoms with Crippen LogP contribution >= 0.6 is 0 Å². The van der Waals surface area contributed by atoms with Gasteiger partial charge in [0.1, 0.15) is 5.75 Å². The monoisotopic (exact) mass is 306 g/mol. The van der Waals surface area contributed by atoms with Crippen LogP contribution in [0.2, 0.25) is 0 Å². The predicted octanol–water partition coefficient (Wildman–Crippen LogP) is 3.56. The fourth-order valence-electron chi connectivity index (χ4n) is 1.45. The quantitative estimate of drug-likeness (QED) is 0.862. The number of rotatable bonds is 4. The van der Waals surface area contributed by atoms with Crippen molar-refractivity contribution in [1.82, 2.24) is 0 Å². The molecule has 0 aliphatic carbocycles. The molecule has 2 nitrogen and oxygen atoms in total. The fraction of sp³-hybridized carbons (Fsp3) is 0.455. The Kier molecular flexibility index (Phi) is 4.23. The van der Waals surface area contributed by atoms with Crippen LogP contribution in [0.1, 0.15) is 11.7 Å². The summed E-state index contributed by atoms with van der Waals surface area (Å²) < 4.78 is 92.8. The SMILES string of the molecule is COc1ccccc1C(O)C(F)(F)C(F)(F)C(F)(F)F. The summed E-state index contributed by atoms with van der Waals surface area (Å²) in [5.74, 6) is -12.6. The Morgan fingerprint density at radius 3 is 1.95 bits per heavy atom. The lowest BCUT2D eigenvalue weighted by Gasteiger charge is -2.32. The molecule has 114 valence electrons. The molecule has 20 heavy (non-hydrogen) atoms. The summed E-state index contributed by atoms with van der Waals surface area (Å²) in [6.45, 7) is 0. The van der Waals surface area contributed by atoms with E-state index in [1.165, 1.54) is 6.07 Å². The first-order chi connectivity index (χ1) is 8.96. The van der Waals surface area contributed by atoms with E-state index in [9.17, 15) is 35.8 Å². The lowest BCUT2D eigenvalue weighted by atomic mass is 9.97. The van der Waals surface area contributed by atoms with Gasteiger partial charge in [-0.1, -0.05) is 18.2 Å². The van der Waals surface area contributed by atoms with E-state index in [1.54, 1.807) is 0 Å². The average Bonchev–Trinajstić information content (AvgIpc) is 2.36. The molecular formula is C11H9F7O2. The predicted molar refractivity (Wildman–Crippen MR) is 53.9 cm³/mol. The molecule has 0 heterocycles. The van der Waals surface area contributed by atoms with Gasteiger partial charge in [-0.2, -0.15) is 30.7 Å². The summed E-state index contributed by atoms with van der Waals surface area (Å²) in [6.07, 6.45) is -9.88. The van der Waals surface area contributed by atoms with Crippen LogP contribution in [-0.4, -0.2) is 30.2 Å². The van der Waals surface area contributed by atoms with Gasteiger partial charge in [0.2, 0.25) is 0 Å². The van der Waals surface area contributed by atoms with Gasteiger partial charge in [-0.25, -0.2) is 0 Å². The second-order valence-electron chi connectivity index (χ2n) is 3.84. The van der Waals surface area contributed by atoms with Gasteiger partial charge >= 0.3 is 18.0 Å². The number of aliphatic hydroxyl groups excluding tert-OH is 1. The van der Waals surface area contributed by atoms with Crippen molar-refractivity contribution in [3.63, 3.8) is 0 Å². The van der Waals surface area contributed by atoms with E-state index < -0.39 is 35.4 Å². The highest BCUT2D eigenvalue weighted by Gasteiger charge is 2.75. The Morgan fingerprint density at radius 2 is 1.50 bits per heavy atom. The van der Waals surface area contributed by atoms with Crippen LogP contribution in [0.15, 0.2) is 24.3 Å². The van der Waals surface area contributed by atoms with Crippen LogP contribution < -0.4 is 4.74 Å². The van der Waals surface area contributed by atoms with Crippen LogP contribution in [-0.2, 0) is 0 Å². The Bertz CT molecular complexity index is 470. The zero-order valence-corrected chi connectivity index (χ0v) is 9.89. The number of aliphatic hydroxyl groups is 1. The van der Waals surface area contributed by atoms with Crippen molar-refractivity contribution in [2.24, 2.45) is 0 Å². The van der Waals surface area contributed by atoms with Crippen molar-refractivity contribution >= 4 is 0 Å². The molecule has 1 N–H and O–H groups in total. The Balaban J connectivity index is 3.28. The van der Waals surface area contributed by atoms with Crippen molar-refractivity contribution in [3.8, 4) is 5.75 Å². The van der Waals surface area contributed by atoms with Crippen molar-refractivity contribution in [1.29, 1.82) is 0 Å². The molecule has 0 saturated heterocycles. The van der Waals surface area contributed by atoms with Gasteiger partial charge in [0.05, 0.1) is 7.11 Å². The molecule has 0 amide bonds.